The lowest BCUT2D eigenvalue weighted by atomic mass is 9.94. The number of rotatable bonds is 3. The fraction of sp³-hybridized carbons (Fsp3) is 0.538. The summed E-state index contributed by atoms with van der Waals surface area (Å²) in [7, 11) is -3.81. The van der Waals surface area contributed by atoms with E-state index in [1.807, 2.05) is 13.8 Å². The van der Waals surface area contributed by atoms with Crippen LogP contribution < -0.4 is 0 Å². The van der Waals surface area contributed by atoms with Crippen molar-refractivity contribution < 1.29 is 13.3 Å². The Morgan fingerprint density at radius 2 is 1.75 bits per heavy atom. The second-order valence-corrected chi connectivity index (χ2v) is 7.40. The van der Waals surface area contributed by atoms with Crippen LogP contribution in [0.25, 0.3) is 0 Å². The molecule has 0 bridgehead atoms. The van der Waals surface area contributed by atoms with Gasteiger partial charge in [-0.3, -0.25) is 10.1 Å². The van der Waals surface area contributed by atoms with Gasteiger partial charge in [-0.15, -0.1) is 0 Å². The quantitative estimate of drug-likeness (QED) is 0.633. The summed E-state index contributed by atoms with van der Waals surface area (Å²) >= 11 is 0. The summed E-state index contributed by atoms with van der Waals surface area (Å²) in [4.78, 5) is 10.1. The third-order valence-electron chi connectivity index (χ3n) is 3.52. The highest BCUT2D eigenvalue weighted by atomic mass is 32.2. The molecule has 1 aliphatic rings. The molecule has 2 atom stereocenters. The zero-order valence-electron chi connectivity index (χ0n) is 11.5. The molecule has 6 nitrogen and oxygen atoms in total. The second kappa shape index (κ2) is 5.49. The Morgan fingerprint density at radius 1 is 1.20 bits per heavy atom. The second-order valence-electron chi connectivity index (χ2n) is 5.49. The zero-order chi connectivity index (χ0) is 14.9. The fourth-order valence-electron chi connectivity index (χ4n) is 2.77. The minimum Gasteiger partial charge on any atom is -0.258 e. The largest absolute Gasteiger partial charge is 0.289 e. The Bertz CT molecular complexity index is 605. The molecule has 1 aromatic rings. The van der Waals surface area contributed by atoms with Crippen LogP contribution in [0.2, 0.25) is 0 Å². The van der Waals surface area contributed by atoms with Crippen LogP contribution in [0.1, 0.15) is 20.3 Å². The summed E-state index contributed by atoms with van der Waals surface area (Å²) in [5.74, 6) is 0.521. The smallest absolute Gasteiger partial charge is 0.258 e. The number of piperidine rings is 1. The number of benzene rings is 1. The van der Waals surface area contributed by atoms with Gasteiger partial charge in [-0.25, -0.2) is 8.42 Å². The van der Waals surface area contributed by atoms with Gasteiger partial charge in [0, 0.05) is 19.2 Å². The van der Waals surface area contributed by atoms with Crippen molar-refractivity contribution in [3.05, 3.63) is 34.4 Å². The minimum absolute atomic E-state index is 0.216. The number of nitro groups is 1. The maximum atomic E-state index is 12.6. The number of nitro benzene ring substituents is 1. The highest BCUT2D eigenvalue weighted by Crippen LogP contribution is 2.30. The van der Waals surface area contributed by atoms with E-state index in [0.717, 1.165) is 6.42 Å². The topological polar surface area (TPSA) is 80.5 Å². The van der Waals surface area contributed by atoms with Gasteiger partial charge in [0.15, 0.2) is 4.90 Å². The first-order valence-corrected chi connectivity index (χ1v) is 8.00. The van der Waals surface area contributed by atoms with E-state index in [9.17, 15) is 18.5 Å². The Labute approximate surface area is 118 Å². The lowest BCUT2D eigenvalue weighted by molar-refractivity contribution is -0.387. The molecule has 0 aliphatic carbocycles. The Hall–Kier alpha value is -1.47. The molecule has 7 heteroatoms. The van der Waals surface area contributed by atoms with Crippen LogP contribution in [0.3, 0.4) is 0 Å². The average Bonchev–Trinajstić information content (AvgIpc) is 2.37. The van der Waals surface area contributed by atoms with E-state index in [4.69, 9.17) is 0 Å². The molecule has 0 N–H and O–H groups in total. The first-order valence-electron chi connectivity index (χ1n) is 6.56. The van der Waals surface area contributed by atoms with Crippen molar-refractivity contribution in [3.8, 4) is 0 Å². The number of sulfonamides is 1. The molecular weight excluding hydrogens is 280 g/mol. The molecule has 0 saturated carbocycles. The van der Waals surface area contributed by atoms with Crippen LogP contribution in [-0.4, -0.2) is 30.7 Å². The molecule has 2 rings (SSSR count). The van der Waals surface area contributed by atoms with Gasteiger partial charge in [0.2, 0.25) is 10.0 Å². The van der Waals surface area contributed by atoms with Crippen LogP contribution in [0.5, 0.6) is 0 Å². The van der Waals surface area contributed by atoms with Crippen molar-refractivity contribution in [3.63, 3.8) is 0 Å². The summed E-state index contributed by atoms with van der Waals surface area (Å²) in [6.07, 6.45) is 0.975. The van der Waals surface area contributed by atoms with Crippen LogP contribution >= 0.6 is 0 Å². The van der Waals surface area contributed by atoms with Crippen molar-refractivity contribution in [1.29, 1.82) is 0 Å². The molecule has 1 fully saturated rings. The van der Waals surface area contributed by atoms with Gasteiger partial charge in [0.1, 0.15) is 0 Å². The van der Waals surface area contributed by atoms with E-state index in [1.54, 1.807) is 0 Å². The number of hydrogen-bond acceptors (Lipinski definition) is 4. The van der Waals surface area contributed by atoms with Gasteiger partial charge in [0.05, 0.1) is 4.92 Å². The Kier molecular flexibility index (Phi) is 4.10. The fourth-order valence-corrected chi connectivity index (χ4v) is 4.60. The van der Waals surface area contributed by atoms with E-state index in [1.165, 1.54) is 28.6 Å². The van der Waals surface area contributed by atoms with E-state index in [0.29, 0.717) is 13.1 Å². The third kappa shape index (κ3) is 2.83. The van der Waals surface area contributed by atoms with Gasteiger partial charge in [-0.2, -0.15) is 4.31 Å². The Morgan fingerprint density at radius 3 is 2.30 bits per heavy atom. The predicted molar refractivity (Wildman–Crippen MR) is 74.8 cm³/mol. The summed E-state index contributed by atoms with van der Waals surface area (Å²) in [6, 6.07) is 5.51. The summed E-state index contributed by atoms with van der Waals surface area (Å²) in [5.41, 5.74) is -0.363. The first-order chi connectivity index (χ1) is 9.32. The predicted octanol–water partition coefficient (Wildman–Crippen LogP) is 2.26. The van der Waals surface area contributed by atoms with Gasteiger partial charge in [0.25, 0.3) is 5.69 Å². The SMILES string of the molecule is CC1CC(C)CN(S(=O)(=O)c2ccccc2[N+](=O)[O-])C1. The van der Waals surface area contributed by atoms with Gasteiger partial charge >= 0.3 is 0 Å². The third-order valence-corrected chi connectivity index (χ3v) is 5.39. The van der Waals surface area contributed by atoms with Crippen molar-refractivity contribution >= 4 is 15.7 Å². The standard InChI is InChI=1S/C13H18N2O4S/c1-10-7-11(2)9-14(8-10)20(18,19)13-6-4-3-5-12(13)15(16)17/h3-6,10-11H,7-9H2,1-2H3. The first kappa shape index (κ1) is 14.9. The van der Waals surface area contributed by atoms with Gasteiger partial charge in [-0.1, -0.05) is 26.0 Å². The average molecular weight is 298 g/mol. The molecule has 0 spiro atoms. The molecule has 0 radical (unpaired) electrons. The lowest BCUT2D eigenvalue weighted by Crippen LogP contribution is -2.42. The normalized spacial score (nSPS) is 24.5. The van der Waals surface area contributed by atoms with Crippen molar-refractivity contribution in [1.82, 2.24) is 4.31 Å². The molecule has 1 aromatic carbocycles. The van der Waals surface area contributed by atoms with Gasteiger partial charge in [-0.05, 0) is 24.3 Å². The lowest BCUT2D eigenvalue weighted by Gasteiger charge is -2.33. The highest BCUT2D eigenvalue weighted by Gasteiger charge is 2.35. The van der Waals surface area contributed by atoms with E-state index in [-0.39, 0.29) is 22.4 Å². The van der Waals surface area contributed by atoms with Crippen LogP contribution in [-0.2, 0) is 10.0 Å². The van der Waals surface area contributed by atoms with Crippen molar-refractivity contribution in [2.24, 2.45) is 11.8 Å². The highest BCUT2D eigenvalue weighted by molar-refractivity contribution is 7.89. The number of para-hydroxylation sites is 1. The number of nitrogens with zero attached hydrogens (tertiary/aromatic N) is 2. The molecule has 110 valence electrons. The zero-order valence-corrected chi connectivity index (χ0v) is 12.3. The number of hydrogen-bond donors (Lipinski definition) is 0. The van der Waals surface area contributed by atoms with E-state index in [2.05, 4.69) is 0 Å². The van der Waals surface area contributed by atoms with E-state index < -0.39 is 14.9 Å². The van der Waals surface area contributed by atoms with Crippen molar-refractivity contribution in [2.75, 3.05) is 13.1 Å². The molecule has 1 aliphatic heterocycles. The maximum absolute atomic E-state index is 12.6. The maximum Gasteiger partial charge on any atom is 0.289 e. The Balaban J connectivity index is 2.43. The summed E-state index contributed by atoms with van der Waals surface area (Å²) in [5, 5.41) is 11.0. The molecule has 0 aromatic heterocycles. The van der Waals surface area contributed by atoms with Crippen LogP contribution in [0.4, 0.5) is 5.69 Å². The van der Waals surface area contributed by atoms with Gasteiger partial charge < -0.3 is 0 Å². The molecule has 1 saturated heterocycles. The summed E-state index contributed by atoms with van der Waals surface area (Å²) < 4.78 is 26.6. The molecule has 2 unspecified atom stereocenters. The van der Waals surface area contributed by atoms with Crippen molar-refractivity contribution in [2.45, 2.75) is 25.2 Å². The van der Waals surface area contributed by atoms with Crippen LogP contribution in [0, 0.1) is 22.0 Å². The molecular formula is C13H18N2O4S. The molecule has 20 heavy (non-hydrogen) atoms. The molecule has 1 heterocycles. The van der Waals surface area contributed by atoms with E-state index >= 15 is 0 Å². The summed E-state index contributed by atoms with van der Waals surface area (Å²) in [6.45, 7) is 4.83. The molecule has 0 amide bonds. The minimum atomic E-state index is -3.81. The van der Waals surface area contributed by atoms with Crippen LogP contribution in [0.15, 0.2) is 29.2 Å². The monoisotopic (exact) mass is 298 g/mol.